The Morgan fingerprint density at radius 2 is 1.97 bits per heavy atom. The molecule has 10 nitrogen and oxygen atoms in total. The smallest absolute Gasteiger partial charge is 0.373 e. The van der Waals surface area contributed by atoms with Crippen molar-refractivity contribution in [1.82, 2.24) is 10.2 Å². The van der Waals surface area contributed by atoms with Gasteiger partial charge in [0, 0.05) is 10.6 Å². The molecule has 174 valence electrons. The van der Waals surface area contributed by atoms with Crippen LogP contribution < -0.4 is 10.1 Å². The molecule has 1 aliphatic heterocycles. The highest BCUT2D eigenvalue weighted by atomic mass is 35.5. The minimum Gasteiger partial charge on any atom is -0.481 e. The molecule has 0 atom stereocenters. The molecule has 1 aromatic carbocycles. The number of ether oxygens (including phenoxy) is 3. The summed E-state index contributed by atoms with van der Waals surface area (Å²) in [5.41, 5.74) is 0.341. The molecule has 0 unspecified atom stereocenters. The van der Waals surface area contributed by atoms with Crippen molar-refractivity contribution in [3.63, 3.8) is 0 Å². The number of nitrogens with one attached hydrogen (secondary N) is 1. The van der Waals surface area contributed by atoms with Crippen LogP contribution in [0.5, 0.6) is 5.75 Å². The summed E-state index contributed by atoms with van der Waals surface area (Å²) in [7, 11) is 1.21. The van der Waals surface area contributed by atoms with E-state index in [4.69, 9.17) is 25.5 Å². The Labute approximate surface area is 194 Å². The minimum atomic E-state index is -0.676. The minimum absolute atomic E-state index is 0.0309. The lowest BCUT2D eigenvalue weighted by atomic mass is 10.1. The third-order valence-corrected chi connectivity index (χ3v) is 4.54. The number of benzene rings is 1. The molecule has 0 radical (unpaired) electrons. The van der Waals surface area contributed by atoms with Gasteiger partial charge >= 0.3 is 18.0 Å². The van der Waals surface area contributed by atoms with E-state index in [0.29, 0.717) is 10.6 Å². The molecule has 3 amide bonds. The number of furan rings is 1. The number of rotatable bonds is 8. The van der Waals surface area contributed by atoms with Crippen molar-refractivity contribution in [2.24, 2.45) is 0 Å². The number of nitrogens with zero attached hydrogens (tertiary/aromatic N) is 1. The van der Waals surface area contributed by atoms with Gasteiger partial charge in [-0.15, -0.1) is 0 Å². The van der Waals surface area contributed by atoms with Crippen molar-refractivity contribution in [1.29, 1.82) is 0 Å². The highest BCUT2D eigenvalue weighted by molar-refractivity contribution is 6.30. The number of carbonyl (C=O) groups is 4. The van der Waals surface area contributed by atoms with Crippen LogP contribution in [0.15, 0.2) is 40.4 Å². The first-order valence-corrected chi connectivity index (χ1v) is 10.2. The molecular formula is C22H21ClN2O8. The molecule has 11 heteroatoms. The van der Waals surface area contributed by atoms with E-state index in [1.54, 1.807) is 19.9 Å². The predicted molar refractivity (Wildman–Crippen MR) is 115 cm³/mol. The summed E-state index contributed by atoms with van der Waals surface area (Å²) in [5.74, 6) is -1.42. The van der Waals surface area contributed by atoms with Crippen molar-refractivity contribution in [2.75, 3.05) is 13.7 Å². The molecule has 33 heavy (non-hydrogen) atoms. The summed E-state index contributed by atoms with van der Waals surface area (Å²) < 4.78 is 20.4. The summed E-state index contributed by atoms with van der Waals surface area (Å²) in [4.78, 5) is 49.4. The van der Waals surface area contributed by atoms with Gasteiger partial charge in [-0.2, -0.15) is 0 Å². The average molecular weight is 477 g/mol. The van der Waals surface area contributed by atoms with Crippen LogP contribution in [0.3, 0.4) is 0 Å². The van der Waals surface area contributed by atoms with Crippen LogP contribution in [-0.4, -0.2) is 48.6 Å². The monoisotopic (exact) mass is 476 g/mol. The molecule has 1 saturated heterocycles. The first-order chi connectivity index (χ1) is 15.7. The van der Waals surface area contributed by atoms with Gasteiger partial charge in [0.25, 0.3) is 5.91 Å². The lowest BCUT2D eigenvalue weighted by Gasteiger charge is -2.12. The zero-order chi connectivity index (χ0) is 24.1. The van der Waals surface area contributed by atoms with Gasteiger partial charge in [-0.3, -0.25) is 9.69 Å². The lowest BCUT2D eigenvalue weighted by molar-refractivity contribution is -0.149. The zero-order valence-corrected chi connectivity index (χ0v) is 18.8. The highest BCUT2D eigenvalue weighted by Crippen LogP contribution is 2.27. The Bertz CT molecular complexity index is 1120. The Morgan fingerprint density at radius 1 is 1.21 bits per heavy atom. The second kappa shape index (κ2) is 10.2. The Hall–Kier alpha value is -3.79. The van der Waals surface area contributed by atoms with Crippen LogP contribution in [0.1, 0.15) is 35.7 Å². The van der Waals surface area contributed by atoms with E-state index in [9.17, 15) is 19.2 Å². The van der Waals surface area contributed by atoms with Crippen LogP contribution in [0, 0.1) is 0 Å². The molecule has 0 spiro atoms. The quantitative estimate of drug-likeness (QED) is 0.350. The molecule has 0 aliphatic carbocycles. The van der Waals surface area contributed by atoms with Crippen LogP contribution >= 0.6 is 11.6 Å². The summed E-state index contributed by atoms with van der Waals surface area (Å²) in [6, 6.07) is 6.79. The SMILES string of the molecule is COC(=O)c1ccc(CN2C(=O)N/C(=C\c3cc(Cl)ccc3OCC(=O)OC(C)C)C2=O)o1. The molecule has 0 bridgehead atoms. The van der Waals surface area contributed by atoms with E-state index >= 15 is 0 Å². The normalized spacial score (nSPS) is 14.6. The number of hydrogen-bond donors (Lipinski definition) is 1. The van der Waals surface area contributed by atoms with Crippen molar-refractivity contribution in [3.05, 3.63) is 58.1 Å². The predicted octanol–water partition coefficient (Wildman–Crippen LogP) is 3.14. The molecule has 0 saturated carbocycles. The van der Waals surface area contributed by atoms with Crippen molar-refractivity contribution < 1.29 is 37.8 Å². The van der Waals surface area contributed by atoms with Gasteiger partial charge in [-0.1, -0.05) is 11.6 Å². The fourth-order valence-corrected chi connectivity index (χ4v) is 3.08. The van der Waals surface area contributed by atoms with Gasteiger partial charge in [-0.25, -0.2) is 14.4 Å². The maximum Gasteiger partial charge on any atom is 0.373 e. The number of halogens is 1. The topological polar surface area (TPSA) is 124 Å². The summed E-state index contributed by atoms with van der Waals surface area (Å²) in [6.07, 6.45) is 1.10. The number of esters is 2. The fourth-order valence-electron chi connectivity index (χ4n) is 2.90. The molecular weight excluding hydrogens is 456 g/mol. The van der Waals surface area contributed by atoms with E-state index in [1.165, 1.54) is 37.5 Å². The van der Waals surface area contributed by atoms with Crippen LogP contribution in [0.25, 0.3) is 6.08 Å². The second-order valence-corrected chi connectivity index (χ2v) is 7.58. The largest absolute Gasteiger partial charge is 0.481 e. The average Bonchev–Trinajstić information content (AvgIpc) is 3.33. The molecule has 2 aromatic rings. The Morgan fingerprint density at radius 3 is 2.67 bits per heavy atom. The van der Waals surface area contributed by atoms with Gasteiger partial charge in [-0.05, 0) is 50.3 Å². The first kappa shape index (κ1) is 23.9. The third kappa shape index (κ3) is 5.92. The van der Waals surface area contributed by atoms with Crippen LogP contribution in [0.4, 0.5) is 4.79 Å². The summed E-state index contributed by atoms with van der Waals surface area (Å²) >= 11 is 6.07. The van der Waals surface area contributed by atoms with Gasteiger partial charge < -0.3 is 23.9 Å². The molecule has 1 fully saturated rings. The number of imide groups is 1. The zero-order valence-electron chi connectivity index (χ0n) is 18.0. The van der Waals surface area contributed by atoms with E-state index in [-0.39, 0.29) is 42.2 Å². The number of hydrogen-bond acceptors (Lipinski definition) is 8. The van der Waals surface area contributed by atoms with E-state index in [2.05, 4.69) is 10.1 Å². The lowest BCUT2D eigenvalue weighted by Crippen LogP contribution is -2.30. The number of methoxy groups -OCH3 is 1. The molecule has 3 rings (SSSR count). The van der Waals surface area contributed by atoms with E-state index in [1.807, 2.05) is 0 Å². The molecule has 2 heterocycles. The maximum absolute atomic E-state index is 12.8. The van der Waals surface area contributed by atoms with Crippen molar-refractivity contribution in [3.8, 4) is 5.75 Å². The van der Waals surface area contributed by atoms with Crippen molar-refractivity contribution in [2.45, 2.75) is 26.5 Å². The van der Waals surface area contributed by atoms with Gasteiger partial charge in [0.05, 0.1) is 19.8 Å². The fraction of sp³-hybridized carbons (Fsp3) is 0.273. The van der Waals surface area contributed by atoms with Crippen LogP contribution in [-0.2, 0) is 25.6 Å². The molecule has 1 N–H and O–H groups in total. The van der Waals surface area contributed by atoms with Gasteiger partial charge in [0.15, 0.2) is 6.61 Å². The number of urea groups is 1. The van der Waals surface area contributed by atoms with Gasteiger partial charge in [0.1, 0.15) is 17.2 Å². The van der Waals surface area contributed by atoms with Gasteiger partial charge in [0.2, 0.25) is 5.76 Å². The van der Waals surface area contributed by atoms with E-state index in [0.717, 1.165) is 4.90 Å². The number of carbonyl (C=O) groups excluding carboxylic acids is 4. The second-order valence-electron chi connectivity index (χ2n) is 7.15. The van der Waals surface area contributed by atoms with E-state index < -0.39 is 23.9 Å². The molecule has 1 aromatic heterocycles. The standard InChI is InChI=1S/C22H21ClN2O8/c1-12(2)32-19(26)11-31-17-6-4-14(23)8-13(17)9-16-20(27)25(22(29)24-16)10-15-5-7-18(33-15)21(28)30-3/h4-9,12H,10-11H2,1-3H3,(H,24,29)/b16-9-. The van der Waals surface area contributed by atoms with Crippen LogP contribution in [0.2, 0.25) is 5.02 Å². The highest BCUT2D eigenvalue weighted by Gasteiger charge is 2.34. The van der Waals surface area contributed by atoms with Crippen molar-refractivity contribution >= 4 is 41.6 Å². The summed E-state index contributed by atoms with van der Waals surface area (Å²) in [5, 5.41) is 2.84. The maximum atomic E-state index is 12.8. The Kier molecular flexibility index (Phi) is 7.39. The first-order valence-electron chi connectivity index (χ1n) is 9.81. The number of amides is 3. The Balaban J connectivity index is 1.77. The summed E-state index contributed by atoms with van der Waals surface area (Å²) in [6.45, 7) is 2.90. The molecule has 1 aliphatic rings. The third-order valence-electron chi connectivity index (χ3n) is 4.31.